The molecule has 1 aromatic heterocycles. The first-order valence-corrected chi connectivity index (χ1v) is 15.3. The van der Waals surface area contributed by atoms with Gasteiger partial charge in [0.25, 0.3) is 0 Å². The Hall–Kier alpha value is -3.05. The largest absolute Gasteiger partial charge is 0.345 e. The lowest BCUT2D eigenvalue weighted by Crippen LogP contribution is -2.48. The minimum atomic E-state index is -0.0232. The molecule has 0 spiro atoms. The molecular weight excluding hydrogens is 518 g/mol. The average Bonchev–Trinajstić information content (AvgIpc) is 3.65. The van der Waals surface area contributed by atoms with Crippen molar-refractivity contribution in [1.82, 2.24) is 14.4 Å². The van der Waals surface area contributed by atoms with Crippen molar-refractivity contribution >= 4 is 23.4 Å². The lowest BCUT2D eigenvalue weighted by molar-refractivity contribution is -0.144. The van der Waals surface area contributed by atoms with Gasteiger partial charge in [0, 0.05) is 42.0 Å². The van der Waals surface area contributed by atoms with Gasteiger partial charge in [-0.1, -0.05) is 93.2 Å². The molecule has 5 nitrogen and oxygen atoms in total. The maximum atomic E-state index is 14.1. The highest BCUT2D eigenvalue weighted by molar-refractivity contribution is 6.31. The summed E-state index contributed by atoms with van der Waals surface area (Å²) in [5.41, 5.74) is 3.37. The van der Waals surface area contributed by atoms with Gasteiger partial charge in [0.2, 0.25) is 11.8 Å². The van der Waals surface area contributed by atoms with Crippen LogP contribution in [0.4, 0.5) is 0 Å². The third kappa shape index (κ3) is 6.98. The number of amides is 2. The zero-order valence-corrected chi connectivity index (χ0v) is 24.6. The van der Waals surface area contributed by atoms with E-state index in [1.54, 1.807) is 0 Å². The van der Waals surface area contributed by atoms with Gasteiger partial charge in [-0.05, 0) is 60.4 Å². The van der Waals surface area contributed by atoms with Crippen molar-refractivity contribution in [3.8, 4) is 0 Å². The second-order valence-corrected chi connectivity index (χ2v) is 12.4. The first-order valence-electron chi connectivity index (χ1n) is 14.9. The molecule has 2 saturated carbocycles. The third-order valence-electron chi connectivity index (χ3n) is 8.45. The van der Waals surface area contributed by atoms with Crippen molar-refractivity contribution in [1.29, 1.82) is 0 Å². The molecule has 40 heavy (non-hydrogen) atoms. The van der Waals surface area contributed by atoms with Crippen molar-refractivity contribution in [2.24, 2.45) is 11.8 Å². The summed E-state index contributed by atoms with van der Waals surface area (Å²) in [5, 5.41) is 0.749. The van der Waals surface area contributed by atoms with Gasteiger partial charge in [-0.25, -0.2) is 0 Å². The lowest BCUT2D eigenvalue weighted by atomic mass is 9.94. The quantitative estimate of drug-likeness (QED) is 0.251. The van der Waals surface area contributed by atoms with Crippen LogP contribution < -0.4 is 0 Å². The van der Waals surface area contributed by atoms with E-state index in [4.69, 9.17) is 11.6 Å². The molecule has 0 saturated heterocycles. The fourth-order valence-corrected chi connectivity index (χ4v) is 6.44. The van der Waals surface area contributed by atoms with Crippen LogP contribution in [-0.4, -0.2) is 45.3 Å². The number of carbonyl (C=O) groups excluding carboxylic acids is 2. The van der Waals surface area contributed by atoms with Crippen molar-refractivity contribution in [3.63, 3.8) is 0 Å². The summed E-state index contributed by atoms with van der Waals surface area (Å²) < 4.78 is 2.19. The fourth-order valence-electron chi connectivity index (χ4n) is 6.24. The number of nitrogens with zero attached hydrogens (tertiary/aromatic N) is 3. The smallest absolute Gasteiger partial charge is 0.242 e. The van der Waals surface area contributed by atoms with E-state index < -0.39 is 0 Å². The summed E-state index contributed by atoms with van der Waals surface area (Å²) in [6, 6.07) is 22.6. The van der Waals surface area contributed by atoms with Gasteiger partial charge < -0.3 is 14.4 Å². The molecule has 2 aromatic carbocycles. The van der Waals surface area contributed by atoms with Gasteiger partial charge in [-0.2, -0.15) is 0 Å². The van der Waals surface area contributed by atoms with E-state index >= 15 is 0 Å². The van der Waals surface area contributed by atoms with E-state index in [-0.39, 0.29) is 36.2 Å². The number of hydrogen-bond acceptors (Lipinski definition) is 2. The molecule has 2 aliphatic carbocycles. The molecule has 2 amide bonds. The second kappa shape index (κ2) is 13.1. The molecule has 0 N–H and O–H groups in total. The number of aromatic nitrogens is 1. The van der Waals surface area contributed by atoms with E-state index in [0.29, 0.717) is 25.6 Å². The Bertz CT molecular complexity index is 1280. The Morgan fingerprint density at radius 3 is 2.40 bits per heavy atom. The molecule has 0 radical (unpaired) electrons. The molecule has 2 aliphatic rings. The predicted molar refractivity (Wildman–Crippen MR) is 161 cm³/mol. The first kappa shape index (κ1) is 28.5. The molecule has 212 valence electrons. The van der Waals surface area contributed by atoms with E-state index in [9.17, 15) is 9.59 Å². The molecule has 0 bridgehead atoms. The Kier molecular flexibility index (Phi) is 9.31. The standard InChI is InChI=1S/C34H42ClN3O2/c1-25(2)21-37(34(40)31-20-30(31)26-12-5-3-6-13-26)24-33(39)38(28-15-7-4-8-16-28)23-29-17-11-19-36(29)22-27-14-9-10-18-32(27)35/h3,5-6,9-14,17-19,25,28,30-31H,4,7-8,15-16,20-24H2,1-2H3. The normalized spacial score (nSPS) is 19.0. The maximum absolute atomic E-state index is 14.1. The van der Waals surface area contributed by atoms with E-state index in [0.717, 1.165) is 48.4 Å². The number of carbonyl (C=O) groups is 2. The predicted octanol–water partition coefficient (Wildman–Crippen LogP) is 7.14. The Balaban J connectivity index is 1.33. The Morgan fingerprint density at radius 2 is 1.68 bits per heavy atom. The fraction of sp³-hybridized carbons (Fsp3) is 0.471. The van der Waals surface area contributed by atoms with E-state index in [1.165, 1.54) is 12.0 Å². The summed E-state index contributed by atoms with van der Waals surface area (Å²) in [5.74, 6) is 0.720. The van der Waals surface area contributed by atoms with Crippen LogP contribution in [0.25, 0.3) is 0 Å². The van der Waals surface area contributed by atoms with Crippen molar-refractivity contribution in [3.05, 3.63) is 94.8 Å². The molecule has 6 heteroatoms. The summed E-state index contributed by atoms with van der Waals surface area (Å²) in [6.07, 6.45) is 8.49. The number of hydrogen-bond donors (Lipinski definition) is 0. The number of benzene rings is 2. The molecule has 2 atom stereocenters. The topological polar surface area (TPSA) is 45.6 Å². The van der Waals surface area contributed by atoms with Crippen LogP contribution in [0.2, 0.25) is 5.02 Å². The highest BCUT2D eigenvalue weighted by Crippen LogP contribution is 2.48. The third-order valence-corrected chi connectivity index (χ3v) is 8.82. The van der Waals surface area contributed by atoms with Gasteiger partial charge in [0.05, 0.1) is 13.1 Å². The van der Waals surface area contributed by atoms with E-state index in [2.05, 4.69) is 47.7 Å². The molecule has 2 unspecified atom stereocenters. The van der Waals surface area contributed by atoms with Gasteiger partial charge in [-0.3, -0.25) is 9.59 Å². The highest BCUT2D eigenvalue weighted by atomic mass is 35.5. The van der Waals surface area contributed by atoms with Gasteiger partial charge in [0.15, 0.2) is 0 Å². The maximum Gasteiger partial charge on any atom is 0.242 e. The van der Waals surface area contributed by atoms with Crippen LogP contribution in [0.5, 0.6) is 0 Å². The summed E-state index contributed by atoms with van der Waals surface area (Å²) in [4.78, 5) is 31.7. The lowest BCUT2D eigenvalue weighted by Gasteiger charge is -2.36. The van der Waals surface area contributed by atoms with Crippen molar-refractivity contribution in [2.45, 2.75) is 77.4 Å². The molecule has 1 heterocycles. The molecule has 5 rings (SSSR count). The monoisotopic (exact) mass is 559 g/mol. The van der Waals surface area contributed by atoms with Gasteiger partial charge in [0.1, 0.15) is 0 Å². The van der Waals surface area contributed by atoms with E-state index in [1.807, 2.05) is 53.4 Å². The SMILES string of the molecule is CC(C)CN(CC(=O)N(Cc1cccn1Cc1ccccc1Cl)C1CCCCC1)C(=O)C1CC1c1ccccc1. The zero-order valence-electron chi connectivity index (χ0n) is 23.8. The highest BCUT2D eigenvalue weighted by Gasteiger charge is 2.46. The van der Waals surface area contributed by atoms with Crippen LogP contribution in [0.3, 0.4) is 0 Å². The van der Waals surface area contributed by atoms with Crippen LogP contribution >= 0.6 is 11.6 Å². The van der Waals surface area contributed by atoms with Crippen molar-refractivity contribution in [2.75, 3.05) is 13.1 Å². The molecule has 3 aromatic rings. The summed E-state index contributed by atoms with van der Waals surface area (Å²) in [7, 11) is 0. The van der Waals surface area contributed by atoms with Gasteiger partial charge >= 0.3 is 0 Å². The first-order chi connectivity index (χ1) is 19.4. The summed E-state index contributed by atoms with van der Waals surface area (Å²) >= 11 is 6.46. The van der Waals surface area contributed by atoms with Crippen LogP contribution in [-0.2, 0) is 22.7 Å². The van der Waals surface area contributed by atoms with Crippen LogP contribution in [0, 0.1) is 11.8 Å². The molecular formula is C34H42ClN3O2. The zero-order chi connectivity index (χ0) is 28.1. The Labute approximate surface area is 244 Å². The minimum absolute atomic E-state index is 0.0232. The number of rotatable bonds is 11. The second-order valence-electron chi connectivity index (χ2n) is 12.0. The Morgan fingerprint density at radius 1 is 0.950 bits per heavy atom. The average molecular weight is 560 g/mol. The summed E-state index contributed by atoms with van der Waals surface area (Å²) in [6.45, 7) is 6.19. The number of halogens is 1. The minimum Gasteiger partial charge on any atom is -0.345 e. The van der Waals surface area contributed by atoms with Crippen LogP contribution in [0.15, 0.2) is 72.9 Å². The van der Waals surface area contributed by atoms with Crippen LogP contribution in [0.1, 0.15) is 75.1 Å². The van der Waals surface area contributed by atoms with Crippen molar-refractivity contribution < 1.29 is 9.59 Å². The van der Waals surface area contributed by atoms with Gasteiger partial charge in [-0.15, -0.1) is 0 Å². The molecule has 0 aliphatic heterocycles. The molecule has 2 fully saturated rings.